The van der Waals surface area contributed by atoms with Crippen LogP contribution in [0.25, 0.3) is 22.0 Å². The molecule has 0 unspecified atom stereocenters. The van der Waals surface area contributed by atoms with Gasteiger partial charge < -0.3 is 9.47 Å². The van der Waals surface area contributed by atoms with Crippen LogP contribution in [-0.2, 0) is 12.7 Å². The number of halogens is 3. The molecule has 160 valence electrons. The van der Waals surface area contributed by atoms with E-state index < -0.39 is 11.7 Å². The van der Waals surface area contributed by atoms with Gasteiger partial charge in [0.1, 0.15) is 11.6 Å². The molecule has 0 amide bonds. The van der Waals surface area contributed by atoms with Crippen molar-refractivity contribution in [2.45, 2.75) is 12.7 Å². The molecule has 7 nitrogen and oxygen atoms in total. The standard InChI is InChI=1S/C20H16F3N5O2S/c1-29-16-8-4-7-15(17(16)30-2)19-24-14(11-31-19)10-28-26-18(25-27-28)12-5-3-6-13(9-12)20(21,22)23/h3-9,11H,10H2,1-2H3. The van der Waals surface area contributed by atoms with Crippen LogP contribution in [0.2, 0.25) is 0 Å². The van der Waals surface area contributed by atoms with Crippen molar-refractivity contribution < 1.29 is 22.6 Å². The Balaban J connectivity index is 1.56. The number of thiazole rings is 1. The smallest absolute Gasteiger partial charge is 0.416 e. The fraction of sp³-hybridized carbons (Fsp3) is 0.200. The zero-order chi connectivity index (χ0) is 22.0. The van der Waals surface area contributed by atoms with Crippen LogP contribution in [0.5, 0.6) is 11.5 Å². The summed E-state index contributed by atoms with van der Waals surface area (Å²) in [7, 11) is 3.12. The lowest BCUT2D eigenvalue weighted by atomic mass is 10.1. The number of aromatic nitrogens is 5. The fourth-order valence-electron chi connectivity index (χ4n) is 2.96. The third kappa shape index (κ3) is 4.36. The molecule has 0 aliphatic rings. The van der Waals surface area contributed by atoms with Gasteiger partial charge in [-0.15, -0.1) is 21.5 Å². The Morgan fingerprint density at radius 2 is 1.87 bits per heavy atom. The van der Waals surface area contributed by atoms with Crippen molar-refractivity contribution in [3.8, 4) is 33.5 Å². The maximum Gasteiger partial charge on any atom is 0.416 e. The first kappa shape index (κ1) is 20.8. The molecule has 2 aromatic heterocycles. The van der Waals surface area contributed by atoms with Crippen molar-refractivity contribution in [2.24, 2.45) is 0 Å². The quantitative estimate of drug-likeness (QED) is 0.432. The average molecular weight is 447 g/mol. The van der Waals surface area contributed by atoms with Gasteiger partial charge in [-0.25, -0.2) is 4.98 Å². The second kappa shape index (κ2) is 8.34. The summed E-state index contributed by atoms with van der Waals surface area (Å²) in [5.41, 5.74) is 0.936. The summed E-state index contributed by atoms with van der Waals surface area (Å²) in [5.74, 6) is 1.29. The first-order valence-corrected chi connectivity index (χ1v) is 9.88. The SMILES string of the molecule is COc1cccc(-c2nc(Cn3nnc(-c4cccc(C(F)(F)F)c4)n3)cs2)c1OC. The molecule has 0 radical (unpaired) electrons. The minimum absolute atomic E-state index is 0.107. The molecule has 31 heavy (non-hydrogen) atoms. The molecule has 0 bridgehead atoms. The second-order valence-electron chi connectivity index (χ2n) is 6.41. The van der Waals surface area contributed by atoms with Crippen molar-refractivity contribution in [1.82, 2.24) is 25.2 Å². The predicted molar refractivity (Wildman–Crippen MR) is 108 cm³/mol. The van der Waals surface area contributed by atoms with Gasteiger partial charge in [0.2, 0.25) is 5.82 Å². The monoisotopic (exact) mass is 447 g/mol. The van der Waals surface area contributed by atoms with E-state index in [1.165, 1.54) is 28.3 Å². The van der Waals surface area contributed by atoms with Crippen molar-refractivity contribution >= 4 is 11.3 Å². The van der Waals surface area contributed by atoms with Crippen LogP contribution < -0.4 is 9.47 Å². The molecule has 0 saturated carbocycles. The molecule has 2 aromatic carbocycles. The minimum atomic E-state index is -4.44. The molecule has 4 rings (SSSR count). The van der Waals surface area contributed by atoms with Crippen LogP contribution in [0.15, 0.2) is 47.8 Å². The van der Waals surface area contributed by atoms with E-state index in [1.54, 1.807) is 20.3 Å². The normalized spacial score (nSPS) is 11.5. The molecule has 0 saturated heterocycles. The maximum atomic E-state index is 12.9. The van der Waals surface area contributed by atoms with Gasteiger partial charge in [0.25, 0.3) is 0 Å². The van der Waals surface area contributed by atoms with Crippen LogP contribution in [0.4, 0.5) is 13.2 Å². The number of para-hydroxylation sites is 1. The first-order valence-electron chi connectivity index (χ1n) is 9.00. The molecule has 0 atom stereocenters. The predicted octanol–water partition coefficient (Wildman–Crippen LogP) is 4.55. The van der Waals surface area contributed by atoms with E-state index >= 15 is 0 Å². The minimum Gasteiger partial charge on any atom is -0.493 e. The second-order valence-corrected chi connectivity index (χ2v) is 7.27. The lowest BCUT2D eigenvalue weighted by Crippen LogP contribution is -2.05. The molecule has 4 aromatic rings. The van der Waals surface area contributed by atoms with Gasteiger partial charge in [0.05, 0.1) is 31.0 Å². The third-order valence-electron chi connectivity index (χ3n) is 4.39. The molecule has 0 fully saturated rings. The van der Waals surface area contributed by atoms with Crippen LogP contribution in [0.1, 0.15) is 11.3 Å². The van der Waals surface area contributed by atoms with Crippen molar-refractivity contribution in [1.29, 1.82) is 0 Å². The third-order valence-corrected chi connectivity index (χ3v) is 5.31. The molecule has 0 N–H and O–H groups in total. The fourth-order valence-corrected chi connectivity index (χ4v) is 3.80. The number of benzene rings is 2. The van der Waals surface area contributed by atoms with E-state index in [-0.39, 0.29) is 17.9 Å². The Labute approximate surface area is 179 Å². The topological polar surface area (TPSA) is 75.0 Å². The van der Waals surface area contributed by atoms with E-state index in [2.05, 4.69) is 20.4 Å². The zero-order valence-electron chi connectivity index (χ0n) is 16.4. The van der Waals surface area contributed by atoms with E-state index in [9.17, 15) is 13.2 Å². The van der Waals surface area contributed by atoms with Gasteiger partial charge in [-0.3, -0.25) is 0 Å². The highest BCUT2D eigenvalue weighted by Gasteiger charge is 2.30. The number of rotatable bonds is 6. The number of ether oxygens (including phenoxy) is 2. The van der Waals surface area contributed by atoms with Crippen LogP contribution in [-0.4, -0.2) is 39.4 Å². The molecular formula is C20H16F3N5O2S. The number of tetrazole rings is 1. The van der Waals surface area contributed by atoms with Crippen molar-refractivity contribution in [3.63, 3.8) is 0 Å². The summed E-state index contributed by atoms with van der Waals surface area (Å²) in [6, 6.07) is 10.3. The van der Waals surface area contributed by atoms with E-state index in [1.807, 2.05) is 17.5 Å². The van der Waals surface area contributed by atoms with Gasteiger partial charge in [-0.1, -0.05) is 18.2 Å². The molecule has 0 spiro atoms. The van der Waals surface area contributed by atoms with E-state index in [0.717, 1.165) is 22.7 Å². The molecule has 0 aliphatic heterocycles. The summed E-state index contributed by atoms with van der Waals surface area (Å²) < 4.78 is 49.6. The summed E-state index contributed by atoms with van der Waals surface area (Å²) >= 11 is 1.42. The molecule has 0 aliphatic carbocycles. The highest BCUT2D eigenvalue weighted by atomic mass is 32.1. The summed E-state index contributed by atoms with van der Waals surface area (Å²) in [5, 5.41) is 14.6. The molecule has 2 heterocycles. The van der Waals surface area contributed by atoms with Crippen LogP contribution >= 0.6 is 11.3 Å². The summed E-state index contributed by atoms with van der Waals surface area (Å²) in [6.07, 6.45) is -4.44. The van der Waals surface area contributed by atoms with E-state index in [4.69, 9.17) is 9.47 Å². The van der Waals surface area contributed by atoms with Crippen LogP contribution in [0, 0.1) is 0 Å². The van der Waals surface area contributed by atoms with Gasteiger partial charge in [0, 0.05) is 10.9 Å². The van der Waals surface area contributed by atoms with Gasteiger partial charge in [-0.2, -0.15) is 18.0 Å². The first-order chi connectivity index (χ1) is 14.9. The molecule has 11 heteroatoms. The Bertz CT molecular complexity index is 1210. The van der Waals surface area contributed by atoms with E-state index in [0.29, 0.717) is 17.2 Å². The van der Waals surface area contributed by atoms with Gasteiger partial charge >= 0.3 is 6.18 Å². The largest absolute Gasteiger partial charge is 0.493 e. The van der Waals surface area contributed by atoms with Gasteiger partial charge in [0.15, 0.2) is 11.5 Å². The Kier molecular flexibility index (Phi) is 5.59. The van der Waals surface area contributed by atoms with Crippen molar-refractivity contribution in [2.75, 3.05) is 14.2 Å². The zero-order valence-corrected chi connectivity index (χ0v) is 17.2. The molecular weight excluding hydrogens is 431 g/mol. The number of methoxy groups -OCH3 is 2. The number of nitrogens with zero attached hydrogens (tertiary/aromatic N) is 5. The van der Waals surface area contributed by atoms with Gasteiger partial charge in [-0.05, 0) is 29.5 Å². The Hall–Kier alpha value is -3.47. The Morgan fingerprint density at radius 1 is 1.06 bits per heavy atom. The number of hydrogen-bond donors (Lipinski definition) is 0. The lowest BCUT2D eigenvalue weighted by Gasteiger charge is -2.10. The maximum absolute atomic E-state index is 12.9. The highest BCUT2D eigenvalue weighted by molar-refractivity contribution is 7.13. The lowest BCUT2D eigenvalue weighted by molar-refractivity contribution is -0.137. The number of hydrogen-bond acceptors (Lipinski definition) is 7. The summed E-state index contributed by atoms with van der Waals surface area (Å²) in [6.45, 7) is 0.217. The Morgan fingerprint density at radius 3 is 2.61 bits per heavy atom. The van der Waals surface area contributed by atoms with Crippen LogP contribution in [0.3, 0.4) is 0 Å². The highest BCUT2D eigenvalue weighted by Crippen LogP contribution is 2.39. The average Bonchev–Trinajstić information content (AvgIpc) is 3.42. The summed E-state index contributed by atoms with van der Waals surface area (Å²) in [4.78, 5) is 5.88. The van der Waals surface area contributed by atoms with Crippen molar-refractivity contribution in [3.05, 3.63) is 59.1 Å². The number of alkyl halides is 3.